The molecule has 4 nitrogen and oxygen atoms in total. The van der Waals surface area contributed by atoms with Gasteiger partial charge in [0.05, 0.1) is 17.7 Å². The first-order valence-electron chi connectivity index (χ1n) is 5.77. The lowest BCUT2D eigenvalue weighted by atomic mass is 10.2. The number of aromatic nitrogens is 1. The second-order valence-electron chi connectivity index (χ2n) is 4.28. The highest BCUT2D eigenvalue weighted by Crippen LogP contribution is 2.20. The smallest absolute Gasteiger partial charge is 0.405 e. The van der Waals surface area contributed by atoms with E-state index in [1.54, 1.807) is 28.8 Å². The number of anilines is 1. The Bertz CT molecular complexity index is 787. The van der Waals surface area contributed by atoms with Gasteiger partial charge in [0, 0.05) is 5.02 Å². The molecule has 0 fully saturated rings. The number of para-hydroxylation sites is 1. The molecule has 19 heavy (non-hydrogen) atoms. The van der Waals surface area contributed by atoms with E-state index in [0.717, 1.165) is 5.56 Å². The van der Waals surface area contributed by atoms with E-state index in [0.29, 0.717) is 28.4 Å². The van der Waals surface area contributed by atoms with Gasteiger partial charge < -0.3 is 10.2 Å². The Morgan fingerprint density at radius 2 is 1.89 bits per heavy atom. The van der Waals surface area contributed by atoms with E-state index in [4.69, 9.17) is 21.8 Å². The predicted molar refractivity (Wildman–Crippen MR) is 75.4 cm³/mol. The summed E-state index contributed by atoms with van der Waals surface area (Å²) in [5.74, 6) is -0.414. The van der Waals surface area contributed by atoms with Crippen molar-refractivity contribution in [2.75, 3.05) is 5.73 Å². The van der Waals surface area contributed by atoms with Gasteiger partial charge >= 0.3 is 5.76 Å². The van der Waals surface area contributed by atoms with Crippen LogP contribution < -0.4 is 11.5 Å². The number of fused-ring (bicyclic) bond motifs is 1. The summed E-state index contributed by atoms with van der Waals surface area (Å²) in [6.07, 6.45) is 0. The SMILES string of the molecule is Nc1cccc2c1oc(=O)n2Cc1ccc(Cl)cc1. The third kappa shape index (κ3) is 2.11. The van der Waals surface area contributed by atoms with Crippen molar-refractivity contribution < 1.29 is 4.42 Å². The predicted octanol–water partition coefficient (Wildman–Crippen LogP) is 2.88. The quantitative estimate of drug-likeness (QED) is 0.731. The van der Waals surface area contributed by atoms with E-state index in [-0.39, 0.29) is 0 Å². The molecule has 5 heteroatoms. The molecule has 0 aliphatic heterocycles. The van der Waals surface area contributed by atoms with Gasteiger partial charge in [0.2, 0.25) is 0 Å². The van der Waals surface area contributed by atoms with Gasteiger partial charge in [0.15, 0.2) is 5.58 Å². The average molecular weight is 275 g/mol. The minimum atomic E-state index is -0.414. The highest BCUT2D eigenvalue weighted by Gasteiger charge is 2.11. The maximum absolute atomic E-state index is 11.9. The van der Waals surface area contributed by atoms with E-state index in [1.807, 2.05) is 18.2 Å². The highest BCUT2D eigenvalue weighted by atomic mass is 35.5. The van der Waals surface area contributed by atoms with Crippen LogP contribution >= 0.6 is 11.6 Å². The third-order valence-corrected chi connectivity index (χ3v) is 3.23. The molecular formula is C14H11ClN2O2. The van der Waals surface area contributed by atoms with Gasteiger partial charge in [-0.15, -0.1) is 0 Å². The molecule has 0 bridgehead atoms. The maximum atomic E-state index is 11.9. The van der Waals surface area contributed by atoms with Crippen molar-refractivity contribution in [3.63, 3.8) is 0 Å². The Hall–Kier alpha value is -2.20. The van der Waals surface area contributed by atoms with E-state index in [1.165, 1.54) is 0 Å². The van der Waals surface area contributed by atoms with Gasteiger partial charge in [-0.05, 0) is 29.8 Å². The first-order chi connectivity index (χ1) is 9.15. The number of nitrogens with zero attached hydrogens (tertiary/aromatic N) is 1. The summed E-state index contributed by atoms with van der Waals surface area (Å²) >= 11 is 5.84. The minimum absolute atomic E-state index is 0.414. The monoisotopic (exact) mass is 274 g/mol. The second-order valence-corrected chi connectivity index (χ2v) is 4.71. The molecule has 1 aromatic heterocycles. The standard InChI is InChI=1S/C14H11ClN2O2/c15-10-6-4-9(5-7-10)8-17-12-3-1-2-11(16)13(12)19-14(17)18/h1-7H,8,16H2. The average Bonchev–Trinajstić information content (AvgIpc) is 2.71. The number of rotatable bonds is 2. The molecule has 0 radical (unpaired) electrons. The number of hydrogen-bond donors (Lipinski definition) is 1. The van der Waals surface area contributed by atoms with Gasteiger partial charge in [-0.25, -0.2) is 4.79 Å². The molecule has 0 aliphatic rings. The van der Waals surface area contributed by atoms with E-state index in [2.05, 4.69) is 0 Å². The molecule has 0 saturated carbocycles. The largest absolute Gasteiger partial charge is 0.420 e. The van der Waals surface area contributed by atoms with Gasteiger partial charge in [-0.2, -0.15) is 0 Å². The number of oxazole rings is 1. The summed E-state index contributed by atoms with van der Waals surface area (Å²) in [5.41, 5.74) is 8.35. The third-order valence-electron chi connectivity index (χ3n) is 2.98. The summed E-state index contributed by atoms with van der Waals surface area (Å²) in [6.45, 7) is 0.423. The molecule has 0 spiro atoms. The fourth-order valence-corrected chi connectivity index (χ4v) is 2.15. The van der Waals surface area contributed by atoms with Crippen molar-refractivity contribution in [2.45, 2.75) is 6.54 Å². The fourth-order valence-electron chi connectivity index (χ4n) is 2.03. The van der Waals surface area contributed by atoms with Crippen LogP contribution in [-0.2, 0) is 6.54 Å². The van der Waals surface area contributed by atoms with Crippen molar-refractivity contribution in [3.05, 3.63) is 63.6 Å². The number of halogens is 1. The zero-order valence-corrected chi connectivity index (χ0v) is 10.7. The molecule has 0 aliphatic carbocycles. The van der Waals surface area contributed by atoms with Crippen LogP contribution in [0.4, 0.5) is 5.69 Å². The van der Waals surface area contributed by atoms with Gasteiger partial charge in [-0.1, -0.05) is 29.8 Å². The number of nitrogen functional groups attached to an aromatic ring is 1. The van der Waals surface area contributed by atoms with Crippen LogP contribution in [0.2, 0.25) is 5.02 Å². The lowest BCUT2D eigenvalue weighted by Crippen LogP contribution is -2.14. The molecule has 0 amide bonds. The summed E-state index contributed by atoms with van der Waals surface area (Å²) in [7, 11) is 0. The Morgan fingerprint density at radius 3 is 2.63 bits per heavy atom. The fraction of sp³-hybridized carbons (Fsp3) is 0.0714. The Balaban J connectivity index is 2.10. The van der Waals surface area contributed by atoms with Crippen molar-refractivity contribution in [2.24, 2.45) is 0 Å². The molecule has 0 atom stereocenters. The molecule has 96 valence electrons. The van der Waals surface area contributed by atoms with Gasteiger partial charge in [-0.3, -0.25) is 4.57 Å². The molecule has 1 heterocycles. The molecule has 3 aromatic rings. The highest BCUT2D eigenvalue weighted by molar-refractivity contribution is 6.30. The summed E-state index contributed by atoms with van der Waals surface area (Å²) in [5, 5.41) is 0.664. The van der Waals surface area contributed by atoms with Crippen LogP contribution in [0.15, 0.2) is 51.7 Å². The molecule has 2 aromatic carbocycles. The zero-order valence-electron chi connectivity index (χ0n) is 9.97. The van der Waals surface area contributed by atoms with Crippen molar-refractivity contribution in [1.82, 2.24) is 4.57 Å². The molecular weight excluding hydrogens is 264 g/mol. The zero-order chi connectivity index (χ0) is 13.4. The van der Waals surface area contributed by atoms with E-state index in [9.17, 15) is 4.79 Å². The Morgan fingerprint density at radius 1 is 1.16 bits per heavy atom. The molecule has 0 unspecified atom stereocenters. The first kappa shape index (κ1) is 11.9. The topological polar surface area (TPSA) is 61.2 Å². The second kappa shape index (κ2) is 4.48. The van der Waals surface area contributed by atoms with Crippen LogP contribution in [0.3, 0.4) is 0 Å². The van der Waals surface area contributed by atoms with Crippen molar-refractivity contribution >= 4 is 28.4 Å². The molecule has 3 rings (SSSR count). The van der Waals surface area contributed by atoms with Crippen LogP contribution in [0.1, 0.15) is 5.56 Å². The minimum Gasteiger partial charge on any atom is -0.405 e. The summed E-state index contributed by atoms with van der Waals surface area (Å²) in [4.78, 5) is 11.9. The first-order valence-corrected chi connectivity index (χ1v) is 6.15. The summed E-state index contributed by atoms with van der Waals surface area (Å²) < 4.78 is 6.73. The van der Waals surface area contributed by atoms with Gasteiger partial charge in [0.25, 0.3) is 0 Å². The molecule has 0 saturated heterocycles. The lowest BCUT2D eigenvalue weighted by Gasteiger charge is -2.03. The Kier molecular flexibility index (Phi) is 2.80. The maximum Gasteiger partial charge on any atom is 0.420 e. The number of benzene rings is 2. The van der Waals surface area contributed by atoms with Crippen LogP contribution in [-0.4, -0.2) is 4.57 Å². The Labute approximate surface area is 114 Å². The van der Waals surface area contributed by atoms with Crippen LogP contribution in [0.25, 0.3) is 11.1 Å². The van der Waals surface area contributed by atoms with E-state index >= 15 is 0 Å². The summed E-state index contributed by atoms with van der Waals surface area (Å²) in [6, 6.07) is 12.6. The van der Waals surface area contributed by atoms with Crippen molar-refractivity contribution in [1.29, 1.82) is 0 Å². The normalized spacial score (nSPS) is 11.0. The molecule has 2 N–H and O–H groups in total. The van der Waals surface area contributed by atoms with Crippen molar-refractivity contribution in [3.8, 4) is 0 Å². The van der Waals surface area contributed by atoms with Crippen LogP contribution in [0, 0.1) is 0 Å². The van der Waals surface area contributed by atoms with Gasteiger partial charge in [0.1, 0.15) is 0 Å². The van der Waals surface area contributed by atoms with E-state index < -0.39 is 5.76 Å². The number of nitrogens with two attached hydrogens (primary N) is 1. The number of hydrogen-bond acceptors (Lipinski definition) is 3. The lowest BCUT2D eigenvalue weighted by molar-refractivity contribution is 0.518. The van der Waals surface area contributed by atoms with Crippen LogP contribution in [0.5, 0.6) is 0 Å².